The summed E-state index contributed by atoms with van der Waals surface area (Å²) in [5, 5.41) is 4.10. The van der Waals surface area contributed by atoms with Crippen molar-refractivity contribution in [3.05, 3.63) is 96.0 Å². The Kier molecular flexibility index (Phi) is 5.59. The third-order valence-corrected chi connectivity index (χ3v) is 5.51. The lowest BCUT2D eigenvalue weighted by molar-refractivity contribution is 0.416. The molecule has 5 rings (SSSR count). The van der Waals surface area contributed by atoms with E-state index in [2.05, 4.69) is 10.3 Å². The van der Waals surface area contributed by atoms with Crippen LogP contribution >= 0.6 is 11.6 Å². The summed E-state index contributed by atoms with van der Waals surface area (Å²) < 4.78 is 19.2. The molecule has 5 aromatic rings. The molecule has 33 heavy (non-hydrogen) atoms. The fourth-order valence-electron chi connectivity index (χ4n) is 3.61. The van der Waals surface area contributed by atoms with Crippen molar-refractivity contribution in [1.82, 2.24) is 15.0 Å². The molecule has 0 saturated heterocycles. The largest absolute Gasteiger partial charge is 0.496 e. The number of pyridine rings is 1. The molecule has 0 amide bonds. The average molecular weight is 457 g/mol. The second-order valence-electron chi connectivity index (χ2n) is 7.32. The predicted octanol–water partition coefficient (Wildman–Crippen LogP) is 6.90. The molecule has 3 aromatic carbocycles. The first kappa shape index (κ1) is 20.8. The lowest BCUT2D eigenvalue weighted by Crippen LogP contribution is -2.00. The number of ether oxygens (including phenoxy) is 1. The Bertz CT molecular complexity index is 1460. The predicted molar refractivity (Wildman–Crippen MR) is 129 cm³/mol. The van der Waals surface area contributed by atoms with E-state index in [1.54, 1.807) is 25.6 Å². The number of halogens is 2. The number of anilines is 2. The fourth-order valence-corrected chi connectivity index (χ4v) is 3.79. The first-order valence-electron chi connectivity index (χ1n) is 10.2. The highest BCUT2D eigenvalue weighted by atomic mass is 35.5. The van der Waals surface area contributed by atoms with Gasteiger partial charge in [0.1, 0.15) is 17.4 Å². The maximum absolute atomic E-state index is 13.7. The molecule has 0 fully saturated rings. The second kappa shape index (κ2) is 8.84. The van der Waals surface area contributed by atoms with Crippen LogP contribution in [0.5, 0.6) is 5.75 Å². The quantitative estimate of drug-likeness (QED) is 0.311. The van der Waals surface area contributed by atoms with Crippen molar-refractivity contribution in [3.8, 4) is 28.3 Å². The maximum Gasteiger partial charge on any atom is 0.163 e. The lowest BCUT2D eigenvalue weighted by atomic mass is 10.0. The Balaban J connectivity index is 1.69. The number of nitrogens with zero attached hydrogens (tertiary/aromatic N) is 3. The van der Waals surface area contributed by atoms with Crippen LogP contribution < -0.4 is 10.1 Å². The smallest absolute Gasteiger partial charge is 0.163 e. The maximum atomic E-state index is 13.7. The molecule has 0 unspecified atom stereocenters. The molecule has 7 heteroatoms. The number of nitrogens with one attached hydrogen (secondary N) is 1. The molecular formula is C26H18ClFN4O. The number of hydrogen-bond donors (Lipinski definition) is 1. The molecule has 0 atom stereocenters. The van der Waals surface area contributed by atoms with Gasteiger partial charge < -0.3 is 10.1 Å². The van der Waals surface area contributed by atoms with Gasteiger partial charge in [-0.1, -0.05) is 35.9 Å². The van der Waals surface area contributed by atoms with Gasteiger partial charge in [0, 0.05) is 34.6 Å². The highest BCUT2D eigenvalue weighted by Crippen LogP contribution is 2.35. The molecule has 0 aliphatic carbocycles. The van der Waals surface area contributed by atoms with Crippen molar-refractivity contribution >= 4 is 34.0 Å². The number of aromatic nitrogens is 3. The third-order valence-electron chi connectivity index (χ3n) is 5.22. The normalized spacial score (nSPS) is 10.9. The standard InChI is InChI=1S/C26H18ClFN4O/c1-33-24-7-3-2-6-19(24)16-8-11-23-20(13-16)26(30-18-9-10-22(28)21(27)14-18)32-25(31-23)17-5-4-12-29-15-17/h2-15H,1H3,(H,30,31,32). The van der Waals surface area contributed by atoms with Gasteiger partial charge in [-0.15, -0.1) is 0 Å². The molecule has 0 aliphatic rings. The van der Waals surface area contributed by atoms with Gasteiger partial charge in [0.2, 0.25) is 0 Å². The van der Waals surface area contributed by atoms with Crippen molar-refractivity contribution in [1.29, 1.82) is 0 Å². The van der Waals surface area contributed by atoms with Crippen molar-refractivity contribution in [2.75, 3.05) is 12.4 Å². The number of methoxy groups -OCH3 is 1. The van der Waals surface area contributed by atoms with Crippen LogP contribution in [0, 0.1) is 5.82 Å². The van der Waals surface area contributed by atoms with Crippen molar-refractivity contribution < 1.29 is 9.13 Å². The first-order chi connectivity index (χ1) is 16.1. The Labute approximate surface area is 194 Å². The van der Waals surface area contributed by atoms with E-state index < -0.39 is 5.82 Å². The highest BCUT2D eigenvalue weighted by molar-refractivity contribution is 6.31. The van der Waals surface area contributed by atoms with E-state index in [0.717, 1.165) is 33.3 Å². The van der Waals surface area contributed by atoms with Gasteiger partial charge >= 0.3 is 0 Å². The molecule has 2 heterocycles. The molecule has 5 nitrogen and oxygen atoms in total. The minimum atomic E-state index is -0.482. The summed E-state index contributed by atoms with van der Waals surface area (Å²) in [7, 11) is 1.65. The highest BCUT2D eigenvalue weighted by Gasteiger charge is 2.14. The van der Waals surface area contributed by atoms with Crippen molar-refractivity contribution in [2.45, 2.75) is 0 Å². The molecule has 2 aromatic heterocycles. The van der Waals surface area contributed by atoms with Crippen LogP contribution in [-0.4, -0.2) is 22.1 Å². The van der Waals surface area contributed by atoms with E-state index in [-0.39, 0.29) is 5.02 Å². The number of para-hydroxylation sites is 1. The molecule has 0 bridgehead atoms. The van der Waals surface area contributed by atoms with Gasteiger partial charge in [0.15, 0.2) is 5.82 Å². The zero-order chi connectivity index (χ0) is 22.8. The van der Waals surface area contributed by atoms with Gasteiger partial charge in [-0.25, -0.2) is 14.4 Å². The topological polar surface area (TPSA) is 59.9 Å². The van der Waals surface area contributed by atoms with Crippen molar-refractivity contribution in [2.24, 2.45) is 0 Å². The summed E-state index contributed by atoms with van der Waals surface area (Å²) in [6, 6.07) is 21.9. The minimum absolute atomic E-state index is 0.0283. The number of hydrogen-bond acceptors (Lipinski definition) is 5. The van der Waals surface area contributed by atoms with Crippen LogP contribution in [0.2, 0.25) is 5.02 Å². The van der Waals surface area contributed by atoms with E-state index in [0.29, 0.717) is 17.3 Å². The van der Waals surface area contributed by atoms with Crippen LogP contribution in [-0.2, 0) is 0 Å². The molecule has 0 spiro atoms. The molecule has 1 N–H and O–H groups in total. The summed E-state index contributed by atoms with van der Waals surface area (Å²) in [6.07, 6.45) is 3.41. The molecule has 0 aliphatic heterocycles. The van der Waals surface area contributed by atoms with E-state index in [4.69, 9.17) is 26.3 Å². The SMILES string of the molecule is COc1ccccc1-c1ccc2nc(-c3cccnc3)nc(Nc3ccc(F)c(Cl)c3)c2c1. The molecule has 162 valence electrons. The van der Waals surface area contributed by atoms with Crippen LogP contribution in [0.4, 0.5) is 15.9 Å². The van der Waals surface area contributed by atoms with Gasteiger partial charge in [-0.3, -0.25) is 4.98 Å². The minimum Gasteiger partial charge on any atom is -0.496 e. The second-order valence-corrected chi connectivity index (χ2v) is 7.73. The summed E-state index contributed by atoms with van der Waals surface area (Å²) in [6.45, 7) is 0. The summed E-state index contributed by atoms with van der Waals surface area (Å²) in [4.78, 5) is 13.7. The summed E-state index contributed by atoms with van der Waals surface area (Å²) in [5.41, 5.74) is 4.06. The third kappa shape index (κ3) is 4.21. The number of fused-ring (bicyclic) bond motifs is 1. The van der Waals surface area contributed by atoms with Gasteiger partial charge in [-0.2, -0.15) is 0 Å². The zero-order valence-corrected chi connectivity index (χ0v) is 18.3. The van der Waals surface area contributed by atoms with Crippen LogP contribution in [0.3, 0.4) is 0 Å². The van der Waals surface area contributed by atoms with E-state index in [1.807, 2.05) is 54.6 Å². The van der Waals surface area contributed by atoms with E-state index >= 15 is 0 Å². The van der Waals surface area contributed by atoms with Crippen LogP contribution in [0.1, 0.15) is 0 Å². The van der Waals surface area contributed by atoms with Gasteiger partial charge in [-0.05, 0) is 54.1 Å². The van der Waals surface area contributed by atoms with Crippen molar-refractivity contribution in [3.63, 3.8) is 0 Å². The molecular weight excluding hydrogens is 439 g/mol. The summed E-state index contributed by atoms with van der Waals surface area (Å²) in [5.74, 6) is 1.38. The van der Waals surface area contributed by atoms with E-state index in [9.17, 15) is 4.39 Å². The average Bonchev–Trinajstić information content (AvgIpc) is 2.86. The lowest BCUT2D eigenvalue weighted by Gasteiger charge is -2.14. The Morgan fingerprint density at radius 3 is 2.58 bits per heavy atom. The van der Waals surface area contributed by atoms with E-state index in [1.165, 1.54) is 12.1 Å². The van der Waals surface area contributed by atoms with Crippen LogP contribution in [0.25, 0.3) is 33.4 Å². The van der Waals surface area contributed by atoms with Gasteiger partial charge in [0.05, 0.1) is 17.6 Å². The Hall–Kier alpha value is -4.03. The number of benzene rings is 3. The Morgan fingerprint density at radius 1 is 0.909 bits per heavy atom. The first-order valence-corrected chi connectivity index (χ1v) is 10.6. The number of rotatable bonds is 5. The molecule has 0 radical (unpaired) electrons. The summed E-state index contributed by atoms with van der Waals surface area (Å²) >= 11 is 5.99. The zero-order valence-electron chi connectivity index (χ0n) is 17.6. The molecule has 0 saturated carbocycles. The fraction of sp³-hybridized carbons (Fsp3) is 0.0385. The van der Waals surface area contributed by atoms with Crippen LogP contribution in [0.15, 0.2) is 85.2 Å². The monoisotopic (exact) mass is 456 g/mol. The van der Waals surface area contributed by atoms with Gasteiger partial charge in [0.25, 0.3) is 0 Å². The Morgan fingerprint density at radius 2 is 1.79 bits per heavy atom.